The van der Waals surface area contributed by atoms with E-state index in [1.54, 1.807) is 24.7 Å². The SMILES string of the molecule is CCc1cc(N)c(C(=N)c2cnc(N3CC(N)(C(=O)N4CCCC4)C3)c(C#N)c2)cc1C[C@H](C)c1c(Cl)cncc1Cl. The molecule has 2 aliphatic heterocycles. The number of carbonyl (C=O) groups excluding carboxylic acids is 1. The highest BCUT2D eigenvalue weighted by atomic mass is 35.5. The Labute approximate surface area is 255 Å². The molecule has 0 saturated carbocycles. The topological polar surface area (TPSA) is 149 Å². The molecule has 42 heavy (non-hydrogen) atoms. The molecule has 0 unspecified atom stereocenters. The predicted octanol–water partition coefficient (Wildman–Crippen LogP) is 4.70. The zero-order chi connectivity index (χ0) is 30.2. The number of aromatic nitrogens is 2. The van der Waals surface area contributed by atoms with Crippen LogP contribution in [0.2, 0.25) is 10.0 Å². The second kappa shape index (κ2) is 11.9. The van der Waals surface area contributed by atoms with Crippen molar-refractivity contribution in [1.29, 1.82) is 10.7 Å². The fourth-order valence-electron chi connectivity index (χ4n) is 6.01. The summed E-state index contributed by atoms with van der Waals surface area (Å²) in [6, 6.07) is 7.70. The van der Waals surface area contributed by atoms with Gasteiger partial charge in [-0.1, -0.05) is 37.0 Å². The Hall–Kier alpha value is -3.71. The summed E-state index contributed by atoms with van der Waals surface area (Å²) in [5.41, 5.74) is 16.8. The number of anilines is 2. The average molecular weight is 606 g/mol. The van der Waals surface area contributed by atoms with Crippen LogP contribution in [0.1, 0.15) is 66.0 Å². The van der Waals surface area contributed by atoms with Gasteiger partial charge in [-0.3, -0.25) is 15.2 Å². The number of aryl methyl sites for hydroxylation is 1. The minimum absolute atomic E-state index is 0.00126. The molecule has 2 aromatic heterocycles. The van der Waals surface area contributed by atoms with Gasteiger partial charge in [-0.25, -0.2) is 4.98 Å². The molecule has 0 aliphatic carbocycles. The van der Waals surface area contributed by atoms with Crippen molar-refractivity contribution < 1.29 is 4.79 Å². The fraction of sp³-hybridized carbons (Fsp3) is 0.387. The van der Waals surface area contributed by atoms with Crippen molar-refractivity contribution in [2.24, 2.45) is 5.73 Å². The summed E-state index contributed by atoms with van der Waals surface area (Å²) in [5, 5.41) is 20.0. The molecule has 0 spiro atoms. The van der Waals surface area contributed by atoms with Gasteiger partial charge in [-0.2, -0.15) is 5.26 Å². The van der Waals surface area contributed by atoms with Crippen molar-refractivity contribution in [1.82, 2.24) is 14.9 Å². The van der Waals surface area contributed by atoms with Crippen LogP contribution < -0.4 is 16.4 Å². The maximum Gasteiger partial charge on any atom is 0.246 e. The number of hydrogen-bond acceptors (Lipinski definition) is 8. The second-order valence-corrected chi connectivity index (χ2v) is 12.1. The van der Waals surface area contributed by atoms with Gasteiger partial charge in [0, 0.05) is 61.6 Å². The first-order valence-electron chi connectivity index (χ1n) is 14.1. The van der Waals surface area contributed by atoms with Gasteiger partial charge in [0.05, 0.1) is 21.3 Å². The largest absolute Gasteiger partial charge is 0.398 e. The molecule has 4 heterocycles. The van der Waals surface area contributed by atoms with Gasteiger partial charge in [-0.05, 0) is 66.5 Å². The third-order valence-corrected chi connectivity index (χ3v) is 8.87. The minimum atomic E-state index is -0.974. The van der Waals surface area contributed by atoms with E-state index in [1.165, 1.54) is 0 Å². The molecule has 0 bridgehead atoms. The number of nitrogens with one attached hydrogen (secondary N) is 1. The van der Waals surface area contributed by atoms with Crippen molar-refractivity contribution in [2.45, 2.75) is 51.0 Å². The van der Waals surface area contributed by atoms with Crippen LogP contribution in [-0.2, 0) is 17.6 Å². The molecule has 5 N–H and O–H groups in total. The van der Waals surface area contributed by atoms with Crippen LogP contribution in [-0.4, -0.2) is 58.2 Å². The lowest BCUT2D eigenvalue weighted by Gasteiger charge is -2.48. The lowest BCUT2D eigenvalue weighted by molar-refractivity contribution is -0.136. The van der Waals surface area contributed by atoms with E-state index in [2.05, 4.69) is 29.9 Å². The van der Waals surface area contributed by atoms with Gasteiger partial charge in [0.2, 0.25) is 5.91 Å². The predicted molar refractivity (Wildman–Crippen MR) is 166 cm³/mol. The lowest BCUT2D eigenvalue weighted by atomic mass is 9.87. The first-order chi connectivity index (χ1) is 20.1. The fourth-order valence-corrected chi connectivity index (χ4v) is 6.74. The summed E-state index contributed by atoms with van der Waals surface area (Å²) >= 11 is 12.9. The average Bonchev–Trinajstić information content (AvgIpc) is 3.50. The maximum absolute atomic E-state index is 12.9. The Morgan fingerprint density at radius 2 is 1.81 bits per heavy atom. The van der Waals surface area contributed by atoms with E-state index < -0.39 is 5.54 Å². The molecule has 2 fully saturated rings. The molecule has 2 saturated heterocycles. The number of carbonyl (C=O) groups is 1. The third-order valence-electron chi connectivity index (χ3n) is 8.27. The second-order valence-electron chi connectivity index (χ2n) is 11.3. The van der Waals surface area contributed by atoms with Crippen LogP contribution in [0.4, 0.5) is 11.5 Å². The minimum Gasteiger partial charge on any atom is -0.398 e. The third kappa shape index (κ3) is 5.54. The van der Waals surface area contributed by atoms with Crippen LogP contribution in [0, 0.1) is 16.7 Å². The number of nitrogens with two attached hydrogens (primary N) is 2. The molecule has 5 rings (SSSR count). The summed E-state index contributed by atoms with van der Waals surface area (Å²) in [7, 11) is 0. The number of nitrogen functional groups attached to an aromatic ring is 1. The first kappa shape index (κ1) is 29.8. The van der Waals surface area contributed by atoms with E-state index in [1.807, 2.05) is 21.9 Å². The molecule has 0 radical (unpaired) electrons. The zero-order valence-corrected chi connectivity index (χ0v) is 25.3. The van der Waals surface area contributed by atoms with Gasteiger partial charge in [0.25, 0.3) is 0 Å². The van der Waals surface area contributed by atoms with Crippen LogP contribution in [0.25, 0.3) is 0 Å². The van der Waals surface area contributed by atoms with E-state index in [4.69, 9.17) is 40.1 Å². The van der Waals surface area contributed by atoms with Gasteiger partial charge in [0.1, 0.15) is 17.4 Å². The molecule has 9 nitrogen and oxygen atoms in total. The smallest absolute Gasteiger partial charge is 0.246 e. The number of benzene rings is 1. The van der Waals surface area contributed by atoms with Crippen molar-refractivity contribution in [2.75, 3.05) is 36.8 Å². The van der Waals surface area contributed by atoms with E-state index >= 15 is 0 Å². The molecule has 11 heteroatoms. The molecular weight excluding hydrogens is 571 g/mol. The maximum atomic E-state index is 12.9. The lowest BCUT2D eigenvalue weighted by Crippen LogP contribution is -2.74. The van der Waals surface area contributed by atoms with E-state index in [0.29, 0.717) is 57.8 Å². The van der Waals surface area contributed by atoms with Crippen molar-refractivity contribution in [3.05, 3.63) is 80.2 Å². The van der Waals surface area contributed by atoms with Gasteiger partial charge in [0.15, 0.2) is 0 Å². The number of hydrogen-bond donors (Lipinski definition) is 3. The highest BCUT2D eigenvalue weighted by molar-refractivity contribution is 6.35. The molecule has 3 aromatic rings. The van der Waals surface area contributed by atoms with Crippen LogP contribution in [0.5, 0.6) is 0 Å². The Bertz CT molecular complexity index is 1570. The number of halogens is 2. The zero-order valence-electron chi connectivity index (χ0n) is 23.8. The normalized spacial score (nSPS) is 16.6. The molecule has 218 valence electrons. The quantitative estimate of drug-likeness (QED) is 0.249. The molecular formula is C31H34Cl2N8O. The Morgan fingerprint density at radius 3 is 2.43 bits per heavy atom. The van der Waals surface area contributed by atoms with E-state index in [0.717, 1.165) is 49.0 Å². The Balaban J connectivity index is 1.38. The summed E-state index contributed by atoms with van der Waals surface area (Å²) in [6.07, 6.45) is 8.16. The van der Waals surface area contributed by atoms with Gasteiger partial charge >= 0.3 is 0 Å². The summed E-state index contributed by atoms with van der Waals surface area (Å²) < 4.78 is 0. The summed E-state index contributed by atoms with van der Waals surface area (Å²) in [6.45, 7) is 6.18. The monoisotopic (exact) mass is 604 g/mol. The van der Waals surface area contributed by atoms with E-state index in [-0.39, 0.29) is 17.5 Å². The van der Waals surface area contributed by atoms with Crippen molar-refractivity contribution >= 4 is 46.3 Å². The molecule has 1 aromatic carbocycles. The summed E-state index contributed by atoms with van der Waals surface area (Å²) in [4.78, 5) is 25.2. The Kier molecular flexibility index (Phi) is 8.42. The van der Waals surface area contributed by atoms with Crippen molar-refractivity contribution in [3.63, 3.8) is 0 Å². The van der Waals surface area contributed by atoms with Crippen LogP contribution in [0.3, 0.4) is 0 Å². The van der Waals surface area contributed by atoms with Gasteiger partial charge in [-0.15, -0.1) is 0 Å². The standard InChI is InChI=1S/C31H34Cl2N8O/c1-3-19-11-26(35)23(10-20(19)8-18(2)27-24(32)14-38-15-25(27)33)28(36)22-9-21(12-34)29(39-13-22)41-16-31(37,17-41)30(42)40-6-4-5-7-40/h9-11,13-15,18,36H,3-8,16-17,35,37H2,1-2H3/t18-/m0/s1. The Morgan fingerprint density at radius 1 is 1.14 bits per heavy atom. The van der Waals surface area contributed by atoms with Crippen LogP contribution in [0.15, 0.2) is 36.8 Å². The highest BCUT2D eigenvalue weighted by Crippen LogP contribution is 2.35. The number of pyridine rings is 2. The number of amides is 1. The van der Waals surface area contributed by atoms with Crippen molar-refractivity contribution in [3.8, 4) is 6.07 Å². The number of likely N-dealkylation sites (tertiary alicyclic amines) is 1. The van der Waals surface area contributed by atoms with Crippen LogP contribution >= 0.6 is 23.2 Å². The molecule has 1 amide bonds. The number of nitriles is 1. The molecule has 1 atom stereocenters. The van der Waals surface area contributed by atoms with E-state index in [9.17, 15) is 10.1 Å². The first-order valence-corrected chi connectivity index (χ1v) is 14.8. The number of rotatable bonds is 8. The van der Waals surface area contributed by atoms with Gasteiger partial charge < -0.3 is 21.3 Å². The highest BCUT2D eigenvalue weighted by Gasteiger charge is 2.49. The summed E-state index contributed by atoms with van der Waals surface area (Å²) in [5.74, 6) is 0.413. The number of nitrogens with zero attached hydrogens (tertiary/aromatic N) is 5. The molecule has 2 aliphatic rings.